The Labute approximate surface area is 107 Å². The summed E-state index contributed by atoms with van der Waals surface area (Å²) in [5.74, 6) is 0.889. The van der Waals surface area contributed by atoms with Crippen LogP contribution in [0.25, 0.3) is 10.9 Å². The van der Waals surface area contributed by atoms with Gasteiger partial charge in [-0.15, -0.1) is 0 Å². The molecule has 0 N–H and O–H groups in total. The lowest BCUT2D eigenvalue weighted by Crippen LogP contribution is -2.18. The molecular weight excluding hydrogens is 226 g/mol. The van der Waals surface area contributed by atoms with Gasteiger partial charge in [0.25, 0.3) is 0 Å². The molecule has 0 spiro atoms. The molecule has 1 aromatic heterocycles. The van der Waals surface area contributed by atoms with Crippen LogP contribution >= 0.6 is 0 Å². The number of fused-ring (bicyclic) bond motifs is 1. The molecule has 18 heavy (non-hydrogen) atoms. The Balaban J connectivity index is 2.06. The van der Waals surface area contributed by atoms with E-state index < -0.39 is 0 Å². The summed E-state index contributed by atoms with van der Waals surface area (Å²) in [6.45, 7) is 4.06. The smallest absolute Gasteiger partial charge is 0.172 e. The molecule has 1 atom stereocenters. The van der Waals surface area contributed by atoms with E-state index in [4.69, 9.17) is 4.74 Å². The summed E-state index contributed by atoms with van der Waals surface area (Å²) >= 11 is 0. The average Bonchev–Trinajstić information content (AvgIpc) is 2.43. The van der Waals surface area contributed by atoms with E-state index in [1.54, 1.807) is 6.20 Å². The summed E-state index contributed by atoms with van der Waals surface area (Å²) in [7, 11) is 0. The van der Waals surface area contributed by atoms with Crippen molar-refractivity contribution in [3.63, 3.8) is 0 Å². The van der Waals surface area contributed by atoms with Crippen LogP contribution in [-0.4, -0.2) is 17.4 Å². The SMILES string of the molecule is CCC(C)C(=O)COc1ccc2cccnc2c1. The van der Waals surface area contributed by atoms with E-state index >= 15 is 0 Å². The highest BCUT2D eigenvalue weighted by molar-refractivity contribution is 5.82. The molecule has 2 rings (SSSR count). The van der Waals surface area contributed by atoms with E-state index in [1.807, 2.05) is 44.2 Å². The van der Waals surface area contributed by atoms with Crippen LogP contribution in [0, 0.1) is 5.92 Å². The van der Waals surface area contributed by atoms with Crippen molar-refractivity contribution in [2.45, 2.75) is 20.3 Å². The summed E-state index contributed by atoms with van der Waals surface area (Å²) in [6, 6.07) is 9.57. The molecule has 0 saturated carbocycles. The van der Waals surface area contributed by atoms with Gasteiger partial charge in [-0.3, -0.25) is 9.78 Å². The molecule has 2 aromatic rings. The van der Waals surface area contributed by atoms with Crippen molar-refractivity contribution in [3.8, 4) is 5.75 Å². The van der Waals surface area contributed by atoms with Crippen molar-refractivity contribution in [1.29, 1.82) is 0 Å². The third kappa shape index (κ3) is 2.86. The molecule has 1 aromatic carbocycles. The zero-order chi connectivity index (χ0) is 13.0. The molecular formula is C15H17NO2. The van der Waals surface area contributed by atoms with E-state index in [0.29, 0.717) is 5.75 Å². The molecule has 0 aliphatic rings. The predicted octanol–water partition coefficient (Wildman–Crippen LogP) is 3.23. The van der Waals surface area contributed by atoms with E-state index in [2.05, 4.69) is 4.98 Å². The largest absolute Gasteiger partial charge is 0.486 e. The first kappa shape index (κ1) is 12.6. The van der Waals surface area contributed by atoms with Crippen LogP contribution in [0.2, 0.25) is 0 Å². The maximum atomic E-state index is 11.7. The summed E-state index contributed by atoms with van der Waals surface area (Å²) in [5, 5.41) is 1.07. The minimum absolute atomic E-state index is 0.0589. The molecule has 0 amide bonds. The zero-order valence-corrected chi connectivity index (χ0v) is 10.7. The minimum Gasteiger partial charge on any atom is -0.486 e. The van der Waals surface area contributed by atoms with Gasteiger partial charge >= 0.3 is 0 Å². The van der Waals surface area contributed by atoms with Gasteiger partial charge in [-0.1, -0.05) is 19.9 Å². The lowest BCUT2D eigenvalue weighted by Gasteiger charge is -2.09. The normalized spacial score (nSPS) is 12.3. The first-order valence-electron chi connectivity index (χ1n) is 6.21. The molecule has 0 aliphatic carbocycles. The fourth-order valence-corrected chi connectivity index (χ4v) is 1.66. The van der Waals surface area contributed by atoms with Gasteiger partial charge in [-0.2, -0.15) is 0 Å². The van der Waals surface area contributed by atoms with Gasteiger partial charge in [-0.25, -0.2) is 0 Å². The Morgan fingerprint density at radius 2 is 2.22 bits per heavy atom. The monoisotopic (exact) mass is 243 g/mol. The zero-order valence-electron chi connectivity index (χ0n) is 10.7. The molecule has 1 heterocycles. The highest BCUT2D eigenvalue weighted by Gasteiger charge is 2.11. The predicted molar refractivity (Wildman–Crippen MR) is 71.7 cm³/mol. The average molecular weight is 243 g/mol. The van der Waals surface area contributed by atoms with Gasteiger partial charge in [0.05, 0.1) is 5.52 Å². The van der Waals surface area contributed by atoms with Gasteiger partial charge in [0, 0.05) is 23.6 Å². The number of carbonyl (C=O) groups excluding carboxylic acids is 1. The number of ketones is 1. The van der Waals surface area contributed by atoms with Gasteiger partial charge in [0.1, 0.15) is 12.4 Å². The molecule has 1 unspecified atom stereocenters. The van der Waals surface area contributed by atoms with Crippen LogP contribution in [0.5, 0.6) is 5.75 Å². The molecule has 0 bridgehead atoms. The second kappa shape index (κ2) is 5.63. The van der Waals surface area contributed by atoms with Crippen molar-refractivity contribution < 1.29 is 9.53 Å². The van der Waals surface area contributed by atoms with Crippen LogP contribution in [0.4, 0.5) is 0 Å². The number of benzene rings is 1. The first-order chi connectivity index (χ1) is 8.70. The Morgan fingerprint density at radius 1 is 1.39 bits per heavy atom. The van der Waals surface area contributed by atoms with E-state index in [9.17, 15) is 4.79 Å². The lowest BCUT2D eigenvalue weighted by molar-refractivity contribution is -0.124. The second-order valence-corrected chi connectivity index (χ2v) is 4.42. The first-order valence-corrected chi connectivity index (χ1v) is 6.21. The number of hydrogen-bond acceptors (Lipinski definition) is 3. The number of pyridine rings is 1. The van der Waals surface area contributed by atoms with Crippen molar-refractivity contribution in [2.24, 2.45) is 5.92 Å². The highest BCUT2D eigenvalue weighted by Crippen LogP contribution is 2.19. The maximum Gasteiger partial charge on any atom is 0.172 e. The number of rotatable bonds is 5. The molecule has 0 saturated heterocycles. The van der Waals surface area contributed by atoms with Gasteiger partial charge in [0.2, 0.25) is 0 Å². The number of hydrogen-bond donors (Lipinski definition) is 0. The molecule has 0 radical (unpaired) electrons. The highest BCUT2D eigenvalue weighted by atomic mass is 16.5. The van der Waals surface area contributed by atoms with Crippen molar-refractivity contribution in [1.82, 2.24) is 4.98 Å². The Morgan fingerprint density at radius 3 is 3.00 bits per heavy atom. The Bertz CT molecular complexity index is 551. The maximum absolute atomic E-state index is 11.7. The van der Waals surface area contributed by atoms with Crippen LogP contribution in [0.3, 0.4) is 0 Å². The molecule has 3 heteroatoms. The topological polar surface area (TPSA) is 39.2 Å². The van der Waals surface area contributed by atoms with Gasteiger partial charge < -0.3 is 4.74 Å². The number of carbonyl (C=O) groups is 1. The number of nitrogens with zero attached hydrogens (tertiary/aromatic N) is 1. The minimum atomic E-state index is 0.0589. The third-order valence-electron chi connectivity index (χ3n) is 3.12. The van der Waals surface area contributed by atoms with Crippen molar-refractivity contribution in [2.75, 3.05) is 6.61 Å². The van der Waals surface area contributed by atoms with Crippen LogP contribution < -0.4 is 4.74 Å². The number of Topliss-reactive ketones (excluding diaryl/α,β-unsaturated/α-hetero) is 1. The molecule has 0 aliphatic heterocycles. The van der Waals surface area contributed by atoms with Crippen molar-refractivity contribution in [3.05, 3.63) is 36.5 Å². The summed E-state index contributed by atoms with van der Waals surface area (Å²) in [6.07, 6.45) is 2.60. The fraction of sp³-hybridized carbons (Fsp3) is 0.333. The van der Waals surface area contributed by atoms with Crippen LogP contribution in [-0.2, 0) is 4.79 Å². The summed E-state index contributed by atoms with van der Waals surface area (Å²) < 4.78 is 5.51. The molecule has 3 nitrogen and oxygen atoms in total. The van der Waals surface area contributed by atoms with Gasteiger partial charge in [-0.05, 0) is 24.6 Å². The fourth-order valence-electron chi connectivity index (χ4n) is 1.66. The summed E-state index contributed by atoms with van der Waals surface area (Å²) in [5.41, 5.74) is 0.881. The summed E-state index contributed by atoms with van der Waals surface area (Å²) in [4.78, 5) is 15.9. The lowest BCUT2D eigenvalue weighted by atomic mass is 10.0. The quantitative estimate of drug-likeness (QED) is 0.809. The number of ether oxygens (including phenoxy) is 1. The Kier molecular flexibility index (Phi) is 3.92. The third-order valence-corrected chi connectivity index (χ3v) is 3.12. The van der Waals surface area contributed by atoms with Crippen molar-refractivity contribution >= 4 is 16.7 Å². The second-order valence-electron chi connectivity index (χ2n) is 4.42. The van der Waals surface area contributed by atoms with E-state index in [0.717, 1.165) is 17.3 Å². The van der Waals surface area contributed by atoms with E-state index in [-0.39, 0.29) is 18.3 Å². The number of aromatic nitrogens is 1. The van der Waals surface area contributed by atoms with E-state index in [1.165, 1.54) is 0 Å². The van der Waals surface area contributed by atoms with Crippen LogP contribution in [0.15, 0.2) is 36.5 Å². The van der Waals surface area contributed by atoms with Crippen LogP contribution in [0.1, 0.15) is 20.3 Å². The molecule has 0 fully saturated rings. The van der Waals surface area contributed by atoms with Gasteiger partial charge in [0.15, 0.2) is 5.78 Å². The molecule has 94 valence electrons. The standard InChI is InChI=1S/C15H17NO2/c1-3-11(2)15(17)10-18-13-7-6-12-5-4-8-16-14(12)9-13/h4-9,11H,3,10H2,1-2H3. The Hall–Kier alpha value is -1.90.